The van der Waals surface area contributed by atoms with Crippen LogP contribution in [-0.4, -0.2) is 24.1 Å². The lowest BCUT2D eigenvalue weighted by Gasteiger charge is -2.13. The van der Waals surface area contributed by atoms with Crippen LogP contribution in [0, 0.1) is 0 Å². The Hall–Kier alpha value is -1.16. The molecule has 1 aromatic heterocycles. The fraction of sp³-hybridized carbons (Fsp3) is 0.600. The molecular formula is C10H16N4. The molecule has 1 saturated carbocycles. The van der Waals surface area contributed by atoms with E-state index in [1.165, 1.54) is 12.8 Å². The summed E-state index contributed by atoms with van der Waals surface area (Å²) in [6, 6.07) is 1.95. The number of aromatic nitrogens is 2. The highest BCUT2D eigenvalue weighted by Gasteiger charge is 2.27. The van der Waals surface area contributed by atoms with E-state index in [0.717, 1.165) is 17.3 Å². The zero-order valence-electron chi connectivity index (χ0n) is 8.70. The highest BCUT2D eigenvalue weighted by Crippen LogP contribution is 2.38. The number of nitrogens with zero attached hydrogens (tertiary/aromatic N) is 3. The lowest BCUT2D eigenvalue weighted by molar-refractivity contribution is 0.854. The lowest BCUT2D eigenvalue weighted by atomic mass is 10.3. The topological polar surface area (TPSA) is 55.0 Å². The number of anilines is 1. The van der Waals surface area contributed by atoms with Gasteiger partial charge in [-0.25, -0.2) is 9.97 Å². The SMILES string of the molecule is CN(C)c1cc(CN)nc(C2CC2)n1. The number of rotatable bonds is 3. The van der Waals surface area contributed by atoms with E-state index in [4.69, 9.17) is 5.73 Å². The monoisotopic (exact) mass is 192 g/mol. The summed E-state index contributed by atoms with van der Waals surface area (Å²) >= 11 is 0. The van der Waals surface area contributed by atoms with Gasteiger partial charge in [0.05, 0.1) is 5.69 Å². The third kappa shape index (κ3) is 1.85. The first-order valence-electron chi connectivity index (χ1n) is 4.96. The summed E-state index contributed by atoms with van der Waals surface area (Å²) in [5, 5.41) is 0. The average Bonchev–Trinajstić information content (AvgIpc) is 3.00. The van der Waals surface area contributed by atoms with Crippen LogP contribution in [0.25, 0.3) is 0 Å². The predicted molar refractivity (Wildman–Crippen MR) is 56.2 cm³/mol. The Morgan fingerprint density at radius 2 is 2.14 bits per heavy atom. The van der Waals surface area contributed by atoms with Crippen LogP contribution in [-0.2, 0) is 6.54 Å². The van der Waals surface area contributed by atoms with E-state index < -0.39 is 0 Å². The molecule has 14 heavy (non-hydrogen) atoms. The second-order valence-corrected chi connectivity index (χ2v) is 3.95. The molecule has 1 aliphatic rings. The lowest BCUT2D eigenvalue weighted by Crippen LogP contribution is -2.14. The molecule has 0 amide bonds. The van der Waals surface area contributed by atoms with Crippen molar-refractivity contribution >= 4 is 5.82 Å². The first kappa shape index (κ1) is 9.40. The Morgan fingerprint density at radius 3 is 2.64 bits per heavy atom. The van der Waals surface area contributed by atoms with Gasteiger partial charge in [0.25, 0.3) is 0 Å². The molecule has 0 radical (unpaired) electrons. The van der Waals surface area contributed by atoms with Gasteiger partial charge >= 0.3 is 0 Å². The van der Waals surface area contributed by atoms with Crippen molar-refractivity contribution < 1.29 is 0 Å². The molecule has 1 aromatic rings. The number of hydrogen-bond donors (Lipinski definition) is 1. The molecule has 1 aliphatic carbocycles. The van der Waals surface area contributed by atoms with Gasteiger partial charge in [0.2, 0.25) is 0 Å². The molecular weight excluding hydrogens is 176 g/mol. The molecule has 4 heteroatoms. The molecule has 0 aromatic carbocycles. The molecule has 2 rings (SSSR count). The van der Waals surface area contributed by atoms with Crippen molar-refractivity contribution in [2.45, 2.75) is 25.3 Å². The highest BCUT2D eigenvalue weighted by molar-refractivity contribution is 5.38. The smallest absolute Gasteiger partial charge is 0.134 e. The maximum atomic E-state index is 5.60. The number of nitrogens with two attached hydrogens (primary N) is 1. The van der Waals surface area contributed by atoms with Crippen LogP contribution in [0.5, 0.6) is 0 Å². The molecule has 0 unspecified atom stereocenters. The van der Waals surface area contributed by atoms with Crippen LogP contribution in [0.3, 0.4) is 0 Å². The zero-order chi connectivity index (χ0) is 10.1. The van der Waals surface area contributed by atoms with Crippen LogP contribution in [0.15, 0.2) is 6.07 Å². The fourth-order valence-electron chi connectivity index (χ4n) is 1.36. The molecule has 0 saturated heterocycles. The van der Waals surface area contributed by atoms with E-state index in [1.54, 1.807) is 0 Å². The number of hydrogen-bond acceptors (Lipinski definition) is 4. The molecule has 2 N–H and O–H groups in total. The Kier molecular flexibility index (Phi) is 2.37. The minimum atomic E-state index is 0.489. The maximum Gasteiger partial charge on any atom is 0.134 e. The Morgan fingerprint density at radius 1 is 1.43 bits per heavy atom. The van der Waals surface area contributed by atoms with Crippen LogP contribution < -0.4 is 10.6 Å². The van der Waals surface area contributed by atoms with Crippen molar-refractivity contribution in [2.75, 3.05) is 19.0 Å². The highest BCUT2D eigenvalue weighted by atomic mass is 15.2. The average molecular weight is 192 g/mol. The normalized spacial score (nSPS) is 15.6. The Balaban J connectivity index is 2.35. The second-order valence-electron chi connectivity index (χ2n) is 3.95. The van der Waals surface area contributed by atoms with Crippen molar-refractivity contribution in [1.29, 1.82) is 0 Å². The van der Waals surface area contributed by atoms with Gasteiger partial charge < -0.3 is 10.6 Å². The molecule has 0 atom stereocenters. The van der Waals surface area contributed by atoms with Gasteiger partial charge in [-0.1, -0.05) is 0 Å². The largest absolute Gasteiger partial charge is 0.363 e. The summed E-state index contributed by atoms with van der Waals surface area (Å²) in [6.07, 6.45) is 2.45. The standard InChI is InChI=1S/C10H16N4/c1-14(2)9-5-8(6-11)12-10(13-9)7-3-4-7/h5,7H,3-4,6,11H2,1-2H3. The van der Waals surface area contributed by atoms with Crippen molar-refractivity contribution in [3.05, 3.63) is 17.6 Å². The third-order valence-corrected chi connectivity index (χ3v) is 2.39. The summed E-state index contributed by atoms with van der Waals surface area (Å²) < 4.78 is 0. The van der Waals surface area contributed by atoms with E-state index in [9.17, 15) is 0 Å². The van der Waals surface area contributed by atoms with Gasteiger partial charge in [0.15, 0.2) is 0 Å². The van der Waals surface area contributed by atoms with Crippen molar-refractivity contribution in [2.24, 2.45) is 5.73 Å². The van der Waals surface area contributed by atoms with Gasteiger partial charge in [-0.3, -0.25) is 0 Å². The van der Waals surface area contributed by atoms with E-state index in [-0.39, 0.29) is 0 Å². The van der Waals surface area contributed by atoms with Gasteiger partial charge in [-0.15, -0.1) is 0 Å². The van der Waals surface area contributed by atoms with E-state index in [2.05, 4.69) is 9.97 Å². The molecule has 1 heterocycles. The zero-order valence-corrected chi connectivity index (χ0v) is 8.70. The summed E-state index contributed by atoms with van der Waals surface area (Å²) in [7, 11) is 3.97. The minimum absolute atomic E-state index is 0.489. The van der Waals surface area contributed by atoms with E-state index in [0.29, 0.717) is 12.5 Å². The molecule has 4 nitrogen and oxygen atoms in total. The second kappa shape index (κ2) is 3.53. The summed E-state index contributed by atoms with van der Waals surface area (Å²) in [4.78, 5) is 10.9. The maximum absolute atomic E-state index is 5.60. The fourth-order valence-corrected chi connectivity index (χ4v) is 1.36. The van der Waals surface area contributed by atoms with Crippen molar-refractivity contribution in [3.63, 3.8) is 0 Å². The Bertz CT molecular complexity index is 311. The van der Waals surface area contributed by atoms with Crippen LogP contribution in [0.1, 0.15) is 30.3 Å². The van der Waals surface area contributed by atoms with Crippen LogP contribution in [0.2, 0.25) is 0 Å². The summed E-state index contributed by atoms with van der Waals surface area (Å²) in [5.41, 5.74) is 6.54. The minimum Gasteiger partial charge on any atom is -0.363 e. The predicted octanol–water partition coefficient (Wildman–Crippen LogP) is 0.879. The van der Waals surface area contributed by atoms with Crippen LogP contribution >= 0.6 is 0 Å². The quantitative estimate of drug-likeness (QED) is 0.772. The van der Waals surface area contributed by atoms with Gasteiger partial charge in [-0.2, -0.15) is 0 Å². The van der Waals surface area contributed by atoms with E-state index in [1.807, 2.05) is 25.1 Å². The molecule has 0 spiro atoms. The van der Waals surface area contributed by atoms with Gasteiger partial charge in [-0.05, 0) is 12.8 Å². The first-order chi connectivity index (χ1) is 6.70. The summed E-state index contributed by atoms with van der Waals surface area (Å²) in [5.74, 6) is 2.51. The van der Waals surface area contributed by atoms with E-state index >= 15 is 0 Å². The van der Waals surface area contributed by atoms with Gasteiger partial charge in [0, 0.05) is 32.6 Å². The summed E-state index contributed by atoms with van der Waals surface area (Å²) in [6.45, 7) is 0.489. The van der Waals surface area contributed by atoms with Gasteiger partial charge in [0.1, 0.15) is 11.6 Å². The van der Waals surface area contributed by atoms with Crippen LogP contribution in [0.4, 0.5) is 5.82 Å². The molecule has 0 bridgehead atoms. The Labute approximate surface area is 84.2 Å². The molecule has 0 aliphatic heterocycles. The third-order valence-electron chi connectivity index (χ3n) is 2.39. The first-order valence-corrected chi connectivity index (χ1v) is 4.96. The van der Waals surface area contributed by atoms with Crippen molar-refractivity contribution in [1.82, 2.24) is 9.97 Å². The molecule has 1 fully saturated rings. The molecule has 76 valence electrons. The van der Waals surface area contributed by atoms with Crippen molar-refractivity contribution in [3.8, 4) is 0 Å².